The number of para-hydroxylation sites is 3. The molecule has 6 nitrogen and oxygen atoms in total. The zero-order valence-corrected chi connectivity index (χ0v) is 16.5. The maximum Gasteiger partial charge on any atom is 0.276 e. The average molecular weight is 389 g/mol. The van der Waals surface area contributed by atoms with Crippen molar-refractivity contribution in [3.8, 4) is 5.75 Å². The standard InChI is InChI=1S/C23H23N3O3/c1-3-26(17-11-6-5-7-12-17)23(28)20-15-10-14-19(24-20)22(27)25-18-13-8-9-16-21(18)29-4-2/h5-16H,3-4H2,1-2H3,(H,25,27). The zero-order valence-electron chi connectivity index (χ0n) is 16.5. The van der Waals surface area contributed by atoms with Crippen molar-refractivity contribution in [2.75, 3.05) is 23.4 Å². The van der Waals surface area contributed by atoms with Crippen LogP contribution in [-0.4, -0.2) is 29.9 Å². The van der Waals surface area contributed by atoms with Gasteiger partial charge in [0.1, 0.15) is 17.1 Å². The van der Waals surface area contributed by atoms with E-state index in [-0.39, 0.29) is 17.3 Å². The van der Waals surface area contributed by atoms with E-state index < -0.39 is 5.91 Å². The molecule has 0 bridgehead atoms. The first-order chi connectivity index (χ1) is 14.1. The maximum absolute atomic E-state index is 13.0. The first kappa shape index (κ1) is 20.1. The number of ether oxygens (including phenoxy) is 1. The lowest BCUT2D eigenvalue weighted by molar-refractivity contribution is 0.0983. The van der Waals surface area contributed by atoms with Gasteiger partial charge < -0.3 is 15.0 Å². The quantitative estimate of drug-likeness (QED) is 0.650. The van der Waals surface area contributed by atoms with Gasteiger partial charge in [-0.15, -0.1) is 0 Å². The summed E-state index contributed by atoms with van der Waals surface area (Å²) in [5.41, 5.74) is 1.70. The predicted molar refractivity (Wildman–Crippen MR) is 114 cm³/mol. The van der Waals surface area contributed by atoms with Crippen molar-refractivity contribution in [1.29, 1.82) is 0 Å². The first-order valence-corrected chi connectivity index (χ1v) is 9.51. The Bertz CT molecular complexity index is 989. The number of amides is 2. The van der Waals surface area contributed by atoms with E-state index in [2.05, 4.69) is 10.3 Å². The number of benzene rings is 2. The van der Waals surface area contributed by atoms with Gasteiger partial charge in [-0.2, -0.15) is 0 Å². The maximum atomic E-state index is 13.0. The minimum absolute atomic E-state index is 0.159. The molecule has 0 aliphatic carbocycles. The summed E-state index contributed by atoms with van der Waals surface area (Å²) in [6.45, 7) is 4.75. The second kappa shape index (κ2) is 9.50. The van der Waals surface area contributed by atoms with Crippen LogP contribution >= 0.6 is 0 Å². The van der Waals surface area contributed by atoms with Crippen LogP contribution in [0.15, 0.2) is 72.8 Å². The van der Waals surface area contributed by atoms with E-state index in [4.69, 9.17) is 4.74 Å². The Morgan fingerprint density at radius 3 is 2.31 bits per heavy atom. The van der Waals surface area contributed by atoms with E-state index in [9.17, 15) is 9.59 Å². The van der Waals surface area contributed by atoms with Crippen molar-refractivity contribution >= 4 is 23.2 Å². The zero-order chi connectivity index (χ0) is 20.6. The molecule has 2 amide bonds. The fourth-order valence-electron chi connectivity index (χ4n) is 2.91. The average Bonchev–Trinajstić information content (AvgIpc) is 2.76. The lowest BCUT2D eigenvalue weighted by Crippen LogP contribution is -2.31. The minimum atomic E-state index is -0.408. The molecule has 3 rings (SSSR count). The molecular weight excluding hydrogens is 366 g/mol. The number of anilines is 2. The topological polar surface area (TPSA) is 71.5 Å². The van der Waals surface area contributed by atoms with Crippen LogP contribution in [0, 0.1) is 0 Å². The molecule has 0 saturated heterocycles. The minimum Gasteiger partial charge on any atom is -0.492 e. The molecule has 0 fully saturated rings. The second-order valence-electron chi connectivity index (χ2n) is 6.18. The van der Waals surface area contributed by atoms with Crippen LogP contribution in [0.4, 0.5) is 11.4 Å². The van der Waals surface area contributed by atoms with Gasteiger partial charge in [0.05, 0.1) is 12.3 Å². The number of aromatic nitrogens is 1. The normalized spacial score (nSPS) is 10.3. The van der Waals surface area contributed by atoms with Crippen molar-refractivity contribution < 1.29 is 14.3 Å². The summed E-state index contributed by atoms with van der Waals surface area (Å²) in [4.78, 5) is 31.6. The number of carbonyl (C=O) groups excluding carboxylic acids is 2. The van der Waals surface area contributed by atoms with Crippen LogP contribution in [0.2, 0.25) is 0 Å². The van der Waals surface area contributed by atoms with Crippen LogP contribution in [0.25, 0.3) is 0 Å². The van der Waals surface area contributed by atoms with E-state index >= 15 is 0 Å². The summed E-state index contributed by atoms with van der Waals surface area (Å²) in [6, 6.07) is 21.4. The van der Waals surface area contributed by atoms with Crippen molar-refractivity contribution in [3.05, 3.63) is 84.2 Å². The van der Waals surface area contributed by atoms with Crippen LogP contribution in [0.1, 0.15) is 34.8 Å². The van der Waals surface area contributed by atoms with Gasteiger partial charge in [-0.3, -0.25) is 9.59 Å². The molecule has 1 heterocycles. The number of rotatable bonds is 7. The Hall–Kier alpha value is -3.67. The Labute approximate surface area is 170 Å². The third-order valence-corrected chi connectivity index (χ3v) is 4.27. The molecule has 0 spiro atoms. The number of nitrogens with one attached hydrogen (secondary N) is 1. The summed E-state index contributed by atoms with van der Waals surface area (Å²) in [5.74, 6) is -0.0885. The fraction of sp³-hybridized carbons (Fsp3) is 0.174. The molecule has 29 heavy (non-hydrogen) atoms. The first-order valence-electron chi connectivity index (χ1n) is 9.51. The summed E-state index contributed by atoms with van der Waals surface area (Å²) in [7, 11) is 0. The van der Waals surface area contributed by atoms with Gasteiger partial charge in [-0.25, -0.2) is 4.98 Å². The van der Waals surface area contributed by atoms with Crippen molar-refractivity contribution in [1.82, 2.24) is 4.98 Å². The van der Waals surface area contributed by atoms with Crippen molar-refractivity contribution in [3.63, 3.8) is 0 Å². The molecule has 0 unspecified atom stereocenters. The Morgan fingerprint density at radius 2 is 1.59 bits per heavy atom. The molecule has 0 aliphatic rings. The van der Waals surface area contributed by atoms with Gasteiger partial charge in [-0.1, -0.05) is 36.4 Å². The van der Waals surface area contributed by atoms with Gasteiger partial charge >= 0.3 is 0 Å². The van der Waals surface area contributed by atoms with Gasteiger partial charge in [0.2, 0.25) is 0 Å². The Balaban J connectivity index is 1.82. The molecule has 6 heteroatoms. The Morgan fingerprint density at radius 1 is 0.897 bits per heavy atom. The SMILES string of the molecule is CCOc1ccccc1NC(=O)c1cccc(C(=O)N(CC)c2ccccc2)n1. The van der Waals surface area contributed by atoms with Crippen LogP contribution in [0.3, 0.4) is 0 Å². The summed E-state index contributed by atoms with van der Waals surface area (Å²) < 4.78 is 5.53. The smallest absolute Gasteiger partial charge is 0.276 e. The molecular formula is C23H23N3O3. The highest BCUT2D eigenvalue weighted by Gasteiger charge is 2.19. The number of nitrogens with zero attached hydrogens (tertiary/aromatic N) is 2. The van der Waals surface area contributed by atoms with Crippen LogP contribution < -0.4 is 15.0 Å². The fourth-order valence-corrected chi connectivity index (χ4v) is 2.91. The van der Waals surface area contributed by atoms with Gasteiger partial charge in [0.15, 0.2) is 0 Å². The third kappa shape index (κ3) is 4.79. The number of pyridine rings is 1. The predicted octanol–water partition coefficient (Wildman–Crippen LogP) is 4.40. The lowest BCUT2D eigenvalue weighted by atomic mass is 10.2. The van der Waals surface area contributed by atoms with E-state index in [1.54, 1.807) is 35.2 Å². The third-order valence-electron chi connectivity index (χ3n) is 4.27. The molecule has 2 aromatic carbocycles. The van der Waals surface area contributed by atoms with Crippen molar-refractivity contribution in [2.24, 2.45) is 0 Å². The number of carbonyl (C=O) groups is 2. The highest BCUT2D eigenvalue weighted by Crippen LogP contribution is 2.24. The molecule has 0 saturated carbocycles. The summed E-state index contributed by atoms with van der Waals surface area (Å²) >= 11 is 0. The van der Waals surface area contributed by atoms with Crippen LogP contribution in [-0.2, 0) is 0 Å². The van der Waals surface area contributed by atoms with Crippen LogP contribution in [0.5, 0.6) is 5.75 Å². The largest absolute Gasteiger partial charge is 0.492 e. The van der Waals surface area contributed by atoms with Crippen molar-refractivity contribution in [2.45, 2.75) is 13.8 Å². The molecule has 0 radical (unpaired) electrons. The molecule has 1 aromatic heterocycles. The highest BCUT2D eigenvalue weighted by atomic mass is 16.5. The van der Waals surface area contributed by atoms with E-state index in [1.165, 1.54) is 0 Å². The van der Waals surface area contributed by atoms with Gasteiger partial charge in [0.25, 0.3) is 11.8 Å². The molecule has 0 aliphatic heterocycles. The molecule has 0 atom stereocenters. The number of hydrogen-bond donors (Lipinski definition) is 1. The second-order valence-corrected chi connectivity index (χ2v) is 6.18. The van der Waals surface area contributed by atoms with Gasteiger partial charge in [-0.05, 0) is 50.2 Å². The molecule has 3 aromatic rings. The Kier molecular flexibility index (Phi) is 6.58. The lowest BCUT2D eigenvalue weighted by Gasteiger charge is -2.20. The molecule has 148 valence electrons. The van der Waals surface area contributed by atoms with E-state index in [1.807, 2.05) is 56.3 Å². The monoisotopic (exact) mass is 389 g/mol. The van der Waals surface area contributed by atoms with E-state index in [0.29, 0.717) is 24.6 Å². The van der Waals surface area contributed by atoms with Gasteiger partial charge in [0, 0.05) is 12.2 Å². The number of hydrogen-bond acceptors (Lipinski definition) is 4. The summed E-state index contributed by atoms with van der Waals surface area (Å²) in [5, 5.41) is 2.80. The molecule has 1 N–H and O–H groups in total. The highest BCUT2D eigenvalue weighted by molar-refractivity contribution is 6.07. The van der Waals surface area contributed by atoms with E-state index in [0.717, 1.165) is 5.69 Å². The summed E-state index contributed by atoms with van der Waals surface area (Å²) in [6.07, 6.45) is 0.